The van der Waals surface area contributed by atoms with Crippen molar-refractivity contribution >= 4 is 11.9 Å². The average Bonchev–Trinajstić information content (AvgIpc) is 3.52. The van der Waals surface area contributed by atoms with E-state index in [0.29, 0.717) is 19.4 Å². The number of unbranched alkanes of at least 4 members (excludes halogenated alkanes) is 58. The second-order valence-corrected chi connectivity index (χ2v) is 26.7. The van der Waals surface area contributed by atoms with Crippen LogP contribution in [0.1, 0.15) is 431 Å². The zero-order valence-corrected chi connectivity index (χ0v) is 57.6. The van der Waals surface area contributed by atoms with Gasteiger partial charge in [-0.1, -0.05) is 391 Å². The van der Waals surface area contributed by atoms with Gasteiger partial charge < -0.3 is 20.3 Å². The molecule has 0 bridgehead atoms. The number of allylic oxidation sites excluding steroid dienone is 5. The first-order chi connectivity index (χ1) is 42.0. The molecule has 0 fully saturated rings. The van der Waals surface area contributed by atoms with Crippen molar-refractivity contribution in [1.29, 1.82) is 0 Å². The van der Waals surface area contributed by atoms with Gasteiger partial charge in [-0.25, -0.2) is 0 Å². The highest BCUT2D eigenvalue weighted by atomic mass is 16.5. The van der Waals surface area contributed by atoms with Crippen molar-refractivity contribution in [2.24, 2.45) is 0 Å². The summed E-state index contributed by atoms with van der Waals surface area (Å²) < 4.78 is 5.49. The monoisotopic (exact) mass is 1190 g/mol. The molecule has 2 unspecified atom stereocenters. The van der Waals surface area contributed by atoms with Gasteiger partial charge in [0, 0.05) is 12.8 Å². The highest BCUT2D eigenvalue weighted by molar-refractivity contribution is 5.76. The molecule has 6 nitrogen and oxygen atoms in total. The first-order valence-electron chi connectivity index (χ1n) is 38.8. The lowest BCUT2D eigenvalue weighted by molar-refractivity contribution is -0.143. The number of rotatable bonds is 73. The van der Waals surface area contributed by atoms with Crippen LogP contribution in [-0.4, -0.2) is 47.4 Å². The van der Waals surface area contributed by atoms with Crippen molar-refractivity contribution in [3.05, 3.63) is 36.5 Å². The van der Waals surface area contributed by atoms with E-state index >= 15 is 0 Å². The number of carbonyl (C=O) groups is 2. The number of nitrogens with one attached hydrogen (secondary N) is 1. The maximum absolute atomic E-state index is 12.5. The molecular formula is C79H151NO5. The second kappa shape index (κ2) is 74.5. The van der Waals surface area contributed by atoms with Crippen LogP contribution in [0.3, 0.4) is 0 Å². The number of carbonyl (C=O) groups excluding carboxylic acids is 2. The molecule has 6 heteroatoms. The zero-order chi connectivity index (χ0) is 61.3. The Bertz CT molecular complexity index is 1380. The lowest BCUT2D eigenvalue weighted by Gasteiger charge is -2.20. The van der Waals surface area contributed by atoms with Crippen LogP contribution >= 0.6 is 0 Å². The van der Waals surface area contributed by atoms with Crippen LogP contribution in [0.2, 0.25) is 0 Å². The van der Waals surface area contributed by atoms with Gasteiger partial charge in [-0.2, -0.15) is 0 Å². The smallest absolute Gasteiger partial charge is 0.305 e. The van der Waals surface area contributed by atoms with Crippen LogP contribution in [0.5, 0.6) is 0 Å². The summed E-state index contributed by atoms with van der Waals surface area (Å²) in [6, 6.07) is -0.622. The first-order valence-corrected chi connectivity index (χ1v) is 38.8. The normalized spacial score (nSPS) is 12.7. The Morgan fingerprint density at radius 1 is 0.329 bits per heavy atom. The molecule has 1 amide bonds. The molecule has 0 saturated carbocycles. The molecule has 0 saturated heterocycles. The molecule has 0 aromatic heterocycles. The standard InChI is InChI=1S/C79H151NO5/c1-3-5-7-9-11-13-15-17-44-49-53-57-61-65-69-73-79(84)85-74-70-66-62-58-54-50-46-43-41-39-37-35-33-31-29-27-25-23-21-19-20-22-24-26-28-30-32-34-36-38-40-42-45-48-52-56-60-64-68-72-78(83)80-76(75-81)77(82)71-67-63-59-55-51-47-18-16-14-12-10-8-6-4-2/h11,13,17,44,67,71,76-77,81-82H,3-10,12,14-16,18-43,45-66,68-70,72-75H2,1-2H3,(H,80,83)/b13-11-,44-17-,71-67+. The van der Waals surface area contributed by atoms with Crippen LogP contribution in [0.15, 0.2) is 36.5 Å². The Morgan fingerprint density at radius 3 is 0.918 bits per heavy atom. The summed E-state index contributed by atoms with van der Waals surface area (Å²) >= 11 is 0. The predicted molar refractivity (Wildman–Crippen MR) is 375 cm³/mol. The van der Waals surface area contributed by atoms with Crippen molar-refractivity contribution in [2.45, 2.75) is 443 Å². The summed E-state index contributed by atoms with van der Waals surface area (Å²) in [7, 11) is 0. The molecule has 85 heavy (non-hydrogen) atoms. The number of aliphatic hydroxyl groups is 2. The lowest BCUT2D eigenvalue weighted by atomic mass is 10.0. The largest absolute Gasteiger partial charge is 0.466 e. The molecule has 0 aliphatic rings. The predicted octanol–water partition coefficient (Wildman–Crippen LogP) is 25.4. The van der Waals surface area contributed by atoms with E-state index < -0.39 is 12.1 Å². The van der Waals surface area contributed by atoms with Crippen molar-refractivity contribution in [2.75, 3.05) is 13.2 Å². The molecule has 0 heterocycles. The lowest BCUT2D eigenvalue weighted by Crippen LogP contribution is -2.45. The van der Waals surface area contributed by atoms with Crippen LogP contribution < -0.4 is 5.32 Å². The third-order valence-electron chi connectivity index (χ3n) is 18.2. The van der Waals surface area contributed by atoms with Gasteiger partial charge in [0.2, 0.25) is 5.91 Å². The number of aliphatic hydroxyl groups excluding tert-OH is 2. The molecule has 0 aromatic rings. The third-order valence-corrected chi connectivity index (χ3v) is 18.2. The SMILES string of the molecule is CCCCC/C=C\C/C=C\CCCCCCCC(=O)OCCCCCCCCCCCCCCCCCCCCCCCCCCCCCCCCCCCCCCCCCC(=O)NC(CO)C(O)/C=C/CCCCCCCCCCCCCC. The van der Waals surface area contributed by atoms with Crippen LogP contribution in [0.25, 0.3) is 0 Å². The Balaban J connectivity index is 3.30. The van der Waals surface area contributed by atoms with Crippen LogP contribution in [0, 0.1) is 0 Å². The quantitative estimate of drug-likeness (QED) is 0.0320. The van der Waals surface area contributed by atoms with Gasteiger partial charge in [-0.3, -0.25) is 9.59 Å². The zero-order valence-electron chi connectivity index (χ0n) is 57.6. The molecule has 2 atom stereocenters. The van der Waals surface area contributed by atoms with Crippen LogP contribution in [0.4, 0.5) is 0 Å². The second-order valence-electron chi connectivity index (χ2n) is 26.7. The highest BCUT2D eigenvalue weighted by Gasteiger charge is 2.18. The van der Waals surface area contributed by atoms with E-state index in [1.165, 1.54) is 353 Å². The Morgan fingerprint density at radius 2 is 0.588 bits per heavy atom. The van der Waals surface area contributed by atoms with Crippen LogP contribution in [-0.2, 0) is 14.3 Å². The fraction of sp³-hybridized carbons (Fsp3) is 0.899. The number of amides is 1. The summed E-state index contributed by atoms with van der Waals surface area (Å²) in [5.41, 5.74) is 0. The molecule has 502 valence electrons. The fourth-order valence-corrected chi connectivity index (χ4v) is 12.3. The van der Waals surface area contributed by atoms with E-state index in [0.717, 1.165) is 51.4 Å². The molecule has 0 aromatic carbocycles. The summed E-state index contributed by atoms with van der Waals surface area (Å²) in [6.45, 7) is 4.90. The third kappa shape index (κ3) is 71.0. The Hall–Kier alpha value is -1.92. The van der Waals surface area contributed by atoms with E-state index in [4.69, 9.17) is 4.74 Å². The number of hydrogen-bond donors (Lipinski definition) is 3. The van der Waals surface area contributed by atoms with Gasteiger partial charge in [-0.15, -0.1) is 0 Å². The van der Waals surface area contributed by atoms with E-state index in [1.807, 2.05) is 6.08 Å². The Kier molecular flexibility index (Phi) is 72.9. The Labute approximate surface area is 532 Å². The number of hydrogen-bond acceptors (Lipinski definition) is 5. The average molecular weight is 1200 g/mol. The molecule has 0 aliphatic carbocycles. The fourth-order valence-electron chi connectivity index (χ4n) is 12.3. The van der Waals surface area contributed by atoms with E-state index in [2.05, 4.69) is 43.5 Å². The summed E-state index contributed by atoms with van der Waals surface area (Å²) in [6.07, 6.45) is 97.0. The van der Waals surface area contributed by atoms with Gasteiger partial charge in [0.05, 0.1) is 25.4 Å². The summed E-state index contributed by atoms with van der Waals surface area (Å²) in [5, 5.41) is 23.2. The number of esters is 1. The van der Waals surface area contributed by atoms with Gasteiger partial charge in [0.15, 0.2) is 0 Å². The summed E-state index contributed by atoms with van der Waals surface area (Å²) in [4.78, 5) is 24.6. The maximum atomic E-state index is 12.5. The van der Waals surface area contributed by atoms with E-state index in [-0.39, 0.29) is 18.5 Å². The molecule has 0 rings (SSSR count). The van der Waals surface area contributed by atoms with Gasteiger partial charge in [-0.05, 0) is 64.2 Å². The van der Waals surface area contributed by atoms with Gasteiger partial charge in [0.25, 0.3) is 0 Å². The minimum Gasteiger partial charge on any atom is -0.466 e. The minimum atomic E-state index is -0.839. The van der Waals surface area contributed by atoms with Crippen molar-refractivity contribution < 1.29 is 24.5 Å². The molecular weight excluding hydrogens is 1040 g/mol. The maximum Gasteiger partial charge on any atom is 0.305 e. The van der Waals surface area contributed by atoms with Gasteiger partial charge >= 0.3 is 5.97 Å². The summed E-state index contributed by atoms with van der Waals surface area (Å²) in [5.74, 6) is -0.0494. The first kappa shape index (κ1) is 83.1. The topological polar surface area (TPSA) is 95.9 Å². The van der Waals surface area contributed by atoms with Crippen molar-refractivity contribution in [3.63, 3.8) is 0 Å². The highest BCUT2D eigenvalue weighted by Crippen LogP contribution is 2.20. The van der Waals surface area contributed by atoms with Crippen molar-refractivity contribution in [3.8, 4) is 0 Å². The van der Waals surface area contributed by atoms with Crippen molar-refractivity contribution in [1.82, 2.24) is 5.32 Å². The van der Waals surface area contributed by atoms with E-state index in [9.17, 15) is 19.8 Å². The minimum absolute atomic E-state index is 0.0102. The number of ether oxygens (including phenoxy) is 1. The molecule has 3 N–H and O–H groups in total. The molecule has 0 radical (unpaired) electrons. The van der Waals surface area contributed by atoms with Gasteiger partial charge in [0.1, 0.15) is 0 Å². The molecule has 0 aliphatic heterocycles. The van der Waals surface area contributed by atoms with E-state index in [1.54, 1.807) is 6.08 Å². The molecule has 0 spiro atoms.